The smallest absolute Gasteiger partial charge is 0.00722 e. The molecule has 0 aliphatic carbocycles. The van der Waals surface area contributed by atoms with E-state index in [1.807, 2.05) is 0 Å². The molecule has 0 aliphatic rings. The summed E-state index contributed by atoms with van der Waals surface area (Å²) in [5, 5.41) is 0. The molecular weight excluding hydrogens is 110 g/mol. The Balaban J connectivity index is 3.43. The van der Waals surface area contributed by atoms with E-state index in [4.69, 9.17) is 5.73 Å². The molecule has 0 heterocycles. The van der Waals surface area contributed by atoms with Crippen LogP contribution in [0.25, 0.3) is 0 Å². The van der Waals surface area contributed by atoms with Crippen LogP contribution in [0.1, 0.15) is 40.0 Å². The molecule has 0 unspecified atom stereocenters. The van der Waals surface area contributed by atoms with E-state index in [0.717, 1.165) is 13.0 Å². The van der Waals surface area contributed by atoms with Gasteiger partial charge < -0.3 is 5.73 Å². The number of hydrogen-bond acceptors (Lipinski definition) is 1. The lowest BCUT2D eigenvalue weighted by molar-refractivity contribution is 0.310. The van der Waals surface area contributed by atoms with Gasteiger partial charge in [-0.3, -0.25) is 0 Å². The Morgan fingerprint density at radius 2 is 1.78 bits per heavy atom. The molecule has 2 N–H and O–H groups in total. The largest absolute Gasteiger partial charge is 0.330 e. The van der Waals surface area contributed by atoms with Gasteiger partial charge in [0.15, 0.2) is 0 Å². The topological polar surface area (TPSA) is 26.0 Å². The molecule has 1 heteroatoms. The van der Waals surface area contributed by atoms with E-state index in [2.05, 4.69) is 20.8 Å². The lowest BCUT2D eigenvalue weighted by Crippen LogP contribution is -2.16. The summed E-state index contributed by atoms with van der Waals surface area (Å²) in [4.78, 5) is 0. The van der Waals surface area contributed by atoms with Crippen molar-refractivity contribution >= 4 is 0 Å². The lowest BCUT2D eigenvalue weighted by Gasteiger charge is -2.22. The molecular formula is C8H19N. The molecule has 1 nitrogen and oxygen atoms in total. The molecule has 0 saturated carbocycles. The van der Waals surface area contributed by atoms with Crippen molar-refractivity contribution in [3.63, 3.8) is 0 Å². The minimum Gasteiger partial charge on any atom is -0.330 e. The van der Waals surface area contributed by atoms with Crippen molar-refractivity contribution in [2.24, 2.45) is 11.1 Å². The van der Waals surface area contributed by atoms with Crippen LogP contribution in [0.4, 0.5) is 0 Å². The zero-order chi connectivity index (χ0) is 7.33. The zero-order valence-electron chi connectivity index (χ0n) is 6.91. The summed E-state index contributed by atoms with van der Waals surface area (Å²) >= 11 is 0. The monoisotopic (exact) mass is 129 g/mol. The molecule has 0 spiro atoms. The fraction of sp³-hybridized carbons (Fsp3) is 1.00. The van der Waals surface area contributed by atoms with Crippen LogP contribution in [-0.2, 0) is 0 Å². The lowest BCUT2D eigenvalue weighted by atomic mass is 9.85. The first-order chi connectivity index (χ1) is 4.12. The Bertz CT molecular complexity index is 59.0. The van der Waals surface area contributed by atoms with Crippen molar-refractivity contribution in [1.82, 2.24) is 0 Å². The van der Waals surface area contributed by atoms with Crippen LogP contribution in [0.15, 0.2) is 0 Å². The maximum Gasteiger partial charge on any atom is -0.00722 e. The number of hydrogen-bond donors (Lipinski definition) is 1. The highest BCUT2D eigenvalue weighted by Gasteiger charge is 2.14. The van der Waals surface area contributed by atoms with E-state index in [-0.39, 0.29) is 0 Å². The SMILES string of the molecule is CCCC(C)(C)CCN. The maximum atomic E-state index is 5.44. The van der Waals surface area contributed by atoms with Gasteiger partial charge in [0.2, 0.25) is 0 Å². The molecule has 0 aromatic carbocycles. The van der Waals surface area contributed by atoms with Crippen LogP contribution in [0.5, 0.6) is 0 Å². The predicted molar refractivity (Wildman–Crippen MR) is 42.4 cm³/mol. The standard InChI is InChI=1S/C8H19N/c1-4-5-8(2,3)6-7-9/h4-7,9H2,1-3H3. The molecule has 0 rings (SSSR count). The molecule has 56 valence electrons. The van der Waals surface area contributed by atoms with E-state index in [1.54, 1.807) is 0 Å². The van der Waals surface area contributed by atoms with Gasteiger partial charge in [0.1, 0.15) is 0 Å². The number of nitrogens with two attached hydrogens (primary N) is 1. The Kier molecular flexibility index (Phi) is 3.87. The van der Waals surface area contributed by atoms with Crippen molar-refractivity contribution in [1.29, 1.82) is 0 Å². The van der Waals surface area contributed by atoms with E-state index in [9.17, 15) is 0 Å². The summed E-state index contributed by atoms with van der Waals surface area (Å²) in [6.07, 6.45) is 3.72. The van der Waals surface area contributed by atoms with Crippen LogP contribution < -0.4 is 5.73 Å². The van der Waals surface area contributed by atoms with Crippen LogP contribution in [-0.4, -0.2) is 6.54 Å². The first-order valence-electron chi connectivity index (χ1n) is 3.82. The first kappa shape index (κ1) is 8.96. The van der Waals surface area contributed by atoms with Gasteiger partial charge in [-0.25, -0.2) is 0 Å². The van der Waals surface area contributed by atoms with Gasteiger partial charge in [0.25, 0.3) is 0 Å². The van der Waals surface area contributed by atoms with Gasteiger partial charge in [0.05, 0.1) is 0 Å². The Morgan fingerprint density at radius 1 is 1.22 bits per heavy atom. The molecule has 0 fully saturated rings. The Hall–Kier alpha value is -0.0400. The van der Waals surface area contributed by atoms with Gasteiger partial charge in [0, 0.05) is 0 Å². The second-order valence-electron chi connectivity index (χ2n) is 3.45. The summed E-state index contributed by atoms with van der Waals surface area (Å²) in [7, 11) is 0. The third-order valence-corrected chi connectivity index (χ3v) is 1.75. The quantitative estimate of drug-likeness (QED) is 0.618. The number of rotatable bonds is 4. The highest BCUT2D eigenvalue weighted by atomic mass is 14.5. The highest BCUT2D eigenvalue weighted by Crippen LogP contribution is 2.25. The summed E-state index contributed by atoms with van der Waals surface area (Å²) in [5.74, 6) is 0. The summed E-state index contributed by atoms with van der Waals surface area (Å²) in [6, 6.07) is 0. The fourth-order valence-electron chi connectivity index (χ4n) is 1.19. The predicted octanol–water partition coefficient (Wildman–Crippen LogP) is 2.16. The molecule has 0 saturated heterocycles. The molecule has 9 heavy (non-hydrogen) atoms. The van der Waals surface area contributed by atoms with Crippen LogP contribution in [0, 0.1) is 5.41 Å². The second-order valence-corrected chi connectivity index (χ2v) is 3.45. The van der Waals surface area contributed by atoms with Crippen LogP contribution in [0.3, 0.4) is 0 Å². The highest BCUT2D eigenvalue weighted by molar-refractivity contribution is 4.67. The van der Waals surface area contributed by atoms with Crippen molar-refractivity contribution < 1.29 is 0 Å². The van der Waals surface area contributed by atoms with E-state index in [1.165, 1.54) is 12.8 Å². The van der Waals surface area contributed by atoms with Gasteiger partial charge >= 0.3 is 0 Å². The first-order valence-corrected chi connectivity index (χ1v) is 3.82. The second kappa shape index (κ2) is 3.89. The van der Waals surface area contributed by atoms with E-state index in [0.29, 0.717) is 5.41 Å². The van der Waals surface area contributed by atoms with Crippen LogP contribution >= 0.6 is 0 Å². The normalized spacial score (nSPS) is 12.0. The molecule has 0 radical (unpaired) electrons. The molecule has 0 aromatic rings. The minimum absolute atomic E-state index is 0.476. The average Bonchev–Trinajstić information content (AvgIpc) is 1.64. The van der Waals surface area contributed by atoms with E-state index >= 15 is 0 Å². The van der Waals surface area contributed by atoms with Gasteiger partial charge in [-0.15, -0.1) is 0 Å². The van der Waals surface area contributed by atoms with Crippen molar-refractivity contribution in [3.05, 3.63) is 0 Å². The van der Waals surface area contributed by atoms with E-state index < -0.39 is 0 Å². The van der Waals surface area contributed by atoms with Crippen LogP contribution in [0.2, 0.25) is 0 Å². The zero-order valence-corrected chi connectivity index (χ0v) is 6.91. The van der Waals surface area contributed by atoms with Crippen molar-refractivity contribution in [2.75, 3.05) is 6.54 Å². The molecule has 0 bridgehead atoms. The van der Waals surface area contributed by atoms with Gasteiger partial charge in [-0.1, -0.05) is 27.2 Å². The minimum atomic E-state index is 0.476. The Labute approximate surface area is 58.6 Å². The van der Waals surface area contributed by atoms with Crippen molar-refractivity contribution in [2.45, 2.75) is 40.0 Å². The van der Waals surface area contributed by atoms with Crippen molar-refractivity contribution in [3.8, 4) is 0 Å². The summed E-state index contributed by atoms with van der Waals surface area (Å²) < 4.78 is 0. The van der Waals surface area contributed by atoms with Gasteiger partial charge in [-0.05, 0) is 24.8 Å². The molecule has 0 amide bonds. The average molecular weight is 129 g/mol. The Morgan fingerprint density at radius 3 is 2.11 bits per heavy atom. The third kappa shape index (κ3) is 4.46. The summed E-state index contributed by atoms with van der Waals surface area (Å²) in [6.45, 7) is 7.61. The molecule has 0 aliphatic heterocycles. The molecule has 0 aromatic heterocycles. The maximum absolute atomic E-state index is 5.44. The fourth-order valence-corrected chi connectivity index (χ4v) is 1.19. The van der Waals surface area contributed by atoms with Gasteiger partial charge in [-0.2, -0.15) is 0 Å². The molecule has 0 atom stereocenters. The summed E-state index contributed by atoms with van der Waals surface area (Å²) in [5.41, 5.74) is 5.92. The third-order valence-electron chi connectivity index (χ3n) is 1.75.